The third-order valence-corrected chi connectivity index (χ3v) is 4.43. The second kappa shape index (κ2) is 8.72. The van der Waals surface area contributed by atoms with Gasteiger partial charge in [0.1, 0.15) is 23.9 Å². The molecule has 1 heterocycles. The summed E-state index contributed by atoms with van der Waals surface area (Å²) in [7, 11) is 1.63. The Morgan fingerprint density at radius 2 is 1.84 bits per heavy atom. The second-order valence-electron chi connectivity index (χ2n) is 6.14. The number of halogens is 1. The van der Waals surface area contributed by atoms with Crippen molar-refractivity contribution in [2.24, 2.45) is 0 Å². The van der Waals surface area contributed by atoms with Crippen LogP contribution in [-0.4, -0.2) is 33.4 Å². The quantitative estimate of drug-likeness (QED) is 0.742. The van der Waals surface area contributed by atoms with Gasteiger partial charge in [-0.25, -0.2) is 4.39 Å². The van der Waals surface area contributed by atoms with Crippen molar-refractivity contribution in [1.29, 1.82) is 0 Å². The fourth-order valence-electron chi connectivity index (χ4n) is 3.12. The van der Waals surface area contributed by atoms with E-state index in [1.807, 2.05) is 30.3 Å². The molecule has 1 aliphatic rings. The molecule has 0 saturated carbocycles. The van der Waals surface area contributed by atoms with Gasteiger partial charge in [0.05, 0.1) is 7.11 Å². The van der Waals surface area contributed by atoms with Gasteiger partial charge in [-0.3, -0.25) is 0 Å². The molecular formula is C20H25FN2O2. The molecule has 0 amide bonds. The summed E-state index contributed by atoms with van der Waals surface area (Å²) < 4.78 is 25.1. The second-order valence-corrected chi connectivity index (χ2v) is 6.14. The van der Waals surface area contributed by atoms with Gasteiger partial charge in [0, 0.05) is 43.5 Å². The van der Waals surface area contributed by atoms with Crippen LogP contribution >= 0.6 is 0 Å². The SMILES string of the molecule is COc1cccc(OCCNCc2c(F)cccc2N2CCCC2)c1. The summed E-state index contributed by atoms with van der Waals surface area (Å²) in [5.41, 5.74) is 1.75. The lowest BCUT2D eigenvalue weighted by Crippen LogP contribution is -2.25. The zero-order valence-electron chi connectivity index (χ0n) is 14.6. The monoisotopic (exact) mass is 344 g/mol. The number of nitrogens with one attached hydrogen (secondary N) is 1. The third kappa shape index (κ3) is 4.63. The van der Waals surface area contributed by atoms with E-state index in [0.29, 0.717) is 19.7 Å². The van der Waals surface area contributed by atoms with Crippen LogP contribution in [0.1, 0.15) is 18.4 Å². The van der Waals surface area contributed by atoms with E-state index in [4.69, 9.17) is 9.47 Å². The molecule has 0 radical (unpaired) electrons. The number of benzene rings is 2. The number of nitrogens with zero attached hydrogens (tertiary/aromatic N) is 1. The first-order chi connectivity index (χ1) is 12.3. The summed E-state index contributed by atoms with van der Waals surface area (Å²) in [4.78, 5) is 2.27. The Labute approximate surface area is 148 Å². The minimum absolute atomic E-state index is 0.148. The van der Waals surface area contributed by atoms with Gasteiger partial charge < -0.3 is 19.7 Å². The average molecular weight is 344 g/mol. The van der Waals surface area contributed by atoms with E-state index in [1.165, 1.54) is 18.9 Å². The topological polar surface area (TPSA) is 33.7 Å². The fraction of sp³-hybridized carbons (Fsp3) is 0.400. The molecule has 0 bridgehead atoms. The first-order valence-corrected chi connectivity index (χ1v) is 8.78. The lowest BCUT2D eigenvalue weighted by atomic mass is 10.1. The summed E-state index contributed by atoms with van der Waals surface area (Å²) in [6.45, 7) is 3.68. The number of anilines is 1. The van der Waals surface area contributed by atoms with Crippen molar-refractivity contribution >= 4 is 5.69 Å². The predicted molar refractivity (Wildman–Crippen MR) is 98.0 cm³/mol. The van der Waals surface area contributed by atoms with E-state index in [0.717, 1.165) is 35.8 Å². The molecule has 2 aromatic rings. The molecule has 134 valence electrons. The average Bonchev–Trinajstić information content (AvgIpc) is 3.17. The standard InChI is InChI=1S/C20H25FN2O2/c1-24-16-6-4-7-17(14-16)25-13-10-22-15-18-19(21)8-5-9-20(18)23-11-2-3-12-23/h4-9,14,22H,2-3,10-13,15H2,1H3. The number of hydrogen-bond acceptors (Lipinski definition) is 4. The van der Waals surface area contributed by atoms with Gasteiger partial charge >= 0.3 is 0 Å². The molecule has 0 aromatic heterocycles. The Morgan fingerprint density at radius 3 is 2.64 bits per heavy atom. The summed E-state index contributed by atoms with van der Waals surface area (Å²) in [6.07, 6.45) is 2.36. The molecular weight excluding hydrogens is 319 g/mol. The molecule has 1 fully saturated rings. The Morgan fingerprint density at radius 1 is 1.08 bits per heavy atom. The van der Waals surface area contributed by atoms with Crippen molar-refractivity contribution in [1.82, 2.24) is 5.32 Å². The molecule has 2 aromatic carbocycles. The van der Waals surface area contributed by atoms with Crippen LogP contribution in [0.25, 0.3) is 0 Å². The maximum Gasteiger partial charge on any atom is 0.129 e. The fourth-order valence-corrected chi connectivity index (χ4v) is 3.12. The molecule has 0 atom stereocenters. The Bertz CT molecular complexity index is 687. The Balaban J connectivity index is 1.50. The molecule has 1 saturated heterocycles. The maximum absolute atomic E-state index is 14.2. The predicted octanol–water partition coefficient (Wildman–Crippen LogP) is 3.60. The van der Waals surface area contributed by atoms with Crippen molar-refractivity contribution in [2.75, 3.05) is 38.3 Å². The molecule has 3 rings (SSSR count). The Hall–Kier alpha value is -2.27. The van der Waals surface area contributed by atoms with Crippen LogP contribution in [0, 0.1) is 5.82 Å². The molecule has 5 heteroatoms. The molecule has 4 nitrogen and oxygen atoms in total. The summed E-state index contributed by atoms with van der Waals surface area (Å²) >= 11 is 0. The van der Waals surface area contributed by atoms with Gasteiger partial charge in [-0.15, -0.1) is 0 Å². The van der Waals surface area contributed by atoms with E-state index < -0.39 is 0 Å². The summed E-state index contributed by atoms with van der Waals surface area (Å²) in [6, 6.07) is 12.8. The van der Waals surface area contributed by atoms with Crippen molar-refractivity contribution in [3.05, 3.63) is 53.8 Å². The van der Waals surface area contributed by atoms with Crippen LogP contribution in [0.2, 0.25) is 0 Å². The maximum atomic E-state index is 14.2. The van der Waals surface area contributed by atoms with Gasteiger partial charge in [0.25, 0.3) is 0 Å². The highest BCUT2D eigenvalue weighted by molar-refractivity contribution is 5.54. The summed E-state index contributed by atoms with van der Waals surface area (Å²) in [5.74, 6) is 1.39. The highest BCUT2D eigenvalue weighted by Gasteiger charge is 2.17. The van der Waals surface area contributed by atoms with E-state index in [2.05, 4.69) is 10.2 Å². The van der Waals surface area contributed by atoms with Crippen molar-refractivity contribution < 1.29 is 13.9 Å². The molecule has 0 aliphatic carbocycles. The van der Waals surface area contributed by atoms with Crippen molar-refractivity contribution in [3.8, 4) is 11.5 Å². The van der Waals surface area contributed by atoms with Gasteiger partial charge in [0.2, 0.25) is 0 Å². The van der Waals surface area contributed by atoms with Gasteiger partial charge in [-0.1, -0.05) is 12.1 Å². The van der Waals surface area contributed by atoms with E-state index in [1.54, 1.807) is 13.2 Å². The van der Waals surface area contributed by atoms with E-state index in [9.17, 15) is 4.39 Å². The number of hydrogen-bond donors (Lipinski definition) is 1. The van der Waals surface area contributed by atoms with Gasteiger partial charge in [-0.2, -0.15) is 0 Å². The zero-order valence-corrected chi connectivity index (χ0v) is 14.6. The third-order valence-electron chi connectivity index (χ3n) is 4.43. The number of ether oxygens (including phenoxy) is 2. The van der Waals surface area contributed by atoms with E-state index >= 15 is 0 Å². The molecule has 0 spiro atoms. The lowest BCUT2D eigenvalue weighted by Gasteiger charge is -2.22. The van der Waals surface area contributed by atoms with Crippen molar-refractivity contribution in [3.63, 3.8) is 0 Å². The first-order valence-electron chi connectivity index (χ1n) is 8.78. The summed E-state index contributed by atoms with van der Waals surface area (Å²) in [5, 5.41) is 3.28. The molecule has 1 aliphatic heterocycles. The number of methoxy groups -OCH3 is 1. The molecule has 0 unspecified atom stereocenters. The minimum Gasteiger partial charge on any atom is -0.497 e. The highest BCUT2D eigenvalue weighted by atomic mass is 19.1. The van der Waals surface area contributed by atoms with E-state index in [-0.39, 0.29) is 5.82 Å². The first kappa shape index (κ1) is 17.5. The van der Waals surface area contributed by atoms with Crippen LogP contribution in [0.3, 0.4) is 0 Å². The normalized spacial score (nSPS) is 13.9. The Kier molecular flexibility index (Phi) is 6.12. The largest absolute Gasteiger partial charge is 0.497 e. The smallest absolute Gasteiger partial charge is 0.129 e. The van der Waals surface area contributed by atoms with Crippen molar-refractivity contribution in [2.45, 2.75) is 19.4 Å². The zero-order chi connectivity index (χ0) is 17.5. The lowest BCUT2D eigenvalue weighted by molar-refractivity contribution is 0.310. The minimum atomic E-state index is -0.148. The van der Waals surface area contributed by atoms with Crippen LogP contribution in [0.15, 0.2) is 42.5 Å². The van der Waals surface area contributed by atoms with Crippen LogP contribution in [-0.2, 0) is 6.54 Å². The molecule has 1 N–H and O–H groups in total. The van der Waals surface area contributed by atoms with Gasteiger partial charge in [-0.05, 0) is 37.1 Å². The van der Waals surface area contributed by atoms with Crippen LogP contribution in [0.4, 0.5) is 10.1 Å². The highest BCUT2D eigenvalue weighted by Crippen LogP contribution is 2.26. The van der Waals surface area contributed by atoms with Gasteiger partial charge in [0.15, 0.2) is 0 Å². The molecule has 25 heavy (non-hydrogen) atoms. The van der Waals surface area contributed by atoms with Crippen LogP contribution in [0.5, 0.6) is 11.5 Å². The van der Waals surface area contributed by atoms with Crippen LogP contribution < -0.4 is 19.7 Å². The number of rotatable bonds is 8.